The zero-order chi connectivity index (χ0) is 26.6. The molecule has 0 aliphatic carbocycles. The molecule has 0 saturated heterocycles. The van der Waals surface area contributed by atoms with E-state index in [4.69, 9.17) is 16.3 Å². The SMILES string of the molecule is COc1ccccc1NS(=O)(=O)c1cccc(C(=O)N/N=C/c2c(C)nn(-c3ccc(F)cc3)c2Cl)c1. The second-order valence-electron chi connectivity index (χ2n) is 7.71. The minimum Gasteiger partial charge on any atom is -0.495 e. The van der Waals surface area contributed by atoms with Gasteiger partial charge in [-0.1, -0.05) is 29.8 Å². The number of anilines is 1. The van der Waals surface area contributed by atoms with Gasteiger partial charge in [0.2, 0.25) is 0 Å². The first-order valence-corrected chi connectivity index (χ1v) is 12.7. The lowest BCUT2D eigenvalue weighted by Crippen LogP contribution is -2.19. The summed E-state index contributed by atoms with van der Waals surface area (Å²) in [6.45, 7) is 1.71. The van der Waals surface area contributed by atoms with Crippen LogP contribution < -0.4 is 14.9 Å². The van der Waals surface area contributed by atoms with E-state index in [0.29, 0.717) is 22.7 Å². The summed E-state index contributed by atoms with van der Waals surface area (Å²) in [5.41, 5.74) is 4.22. The third-order valence-electron chi connectivity index (χ3n) is 5.24. The minimum atomic E-state index is -4.00. The summed E-state index contributed by atoms with van der Waals surface area (Å²) in [5.74, 6) is -0.669. The van der Waals surface area contributed by atoms with Crippen LogP contribution in [0.5, 0.6) is 5.75 Å². The Kier molecular flexibility index (Phi) is 7.55. The van der Waals surface area contributed by atoms with Crippen molar-refractivity contribution in [3.63, 3.8) is 0 Å². The van der Waals surface area contributed by atoms with Gasteiger partial charge in [-0.25, -0.2) is 22.9 Å². The highest BCUT2D eigenvalue weighted by Gasteiger charge is 2.18. The number of nitrogens with zero attached hydrogens (tertiary/aromatic N) is 3. The third-order valence-corrected chi connectivity index (χ3v) is 6.96. The largest absolute Gasteiger partial charge is 0.495 e. The number of hydrogen-bond acceptors (Lipinski definition) is 6. The second kappa shape index (κ2) is 10.8. The number of aromatic nitrogens is 2. The van der Waals surface area contributed by atoms with Crippen molar-refractivity contribution in [1.29, 1.82) is 0 Å². The van der Waals surface area contributed by atoms with Crippen molar-refractivity contribution in [3.05, 3.63) is 101 Å². The van der Waals surface area contributed by atoms with E-state index < -0.39 is 15.9 Å². The number of amides is 1. The van der Waals surface area contributed by atoms with Crippen LogP contribution >= 0.6 is 11.6 Å². The van der Waals surface area contributed by atoms with Crippen molar-refractivity contribution in [1.82, 2.24) is 15.2 Å². The quantitative estimate of drug-likeness (QED) is 0.251. The lowest BCUT2D eigenvalue weighted by molar-refractivity contribution is 0.0955. The molecule has 190 valence electrons. The van der Waals surface area contributed by atoms with Crippen molar-refractivity contribution >= 4 is 39.4 Å². The first-order chi connectivity index (χ1) is 17.7. The van der Waals surface area contributed by atoms with Crippen LogP contribution in [0.15, 0.2) is 82.8 Å². The Hall–Kier alpha value is -4.22. The number of rotatable bonds is 8. The minimum absolute atomic E-state index is 0.0740. The fourth-order valence-electron chi connectivity index (χ4n) is 3.37. The smallest absolute Gasteiger partial charge is 0.271 e. The number of ether oxygens (including phenoxy) is 1. The number of aryl methyl sites for hydroxylation is 1. The molecule has 0 fully saturated rings. The van der Waals surface area contributed by atoms with Crippen molar-refractivity contribution in [2.75, 3.05) is 11.8 Å². The molecule has 3 aromatic carbocycles. The van der Waals surface area contributed by atoms with Crippen LogP contribution in [0.2, 0.25) is 5.15 Å². The van der Waals surface area contributed by atoms with Gasteiger partial charge in [0.05, 0.1) is 40.9 Å². The van der Waals surface area contributed by atoms with Gasteiger partial charge in [0.25, 0.3) is 15.9 Å². The first-order valence-electron chi connectivity index (χ1n) is 10.8. The molecule has 0 aliphatic rings. The molecule has 12 heteroatoms. The molecule has 1 amide bonds. The normalized spacial score (nSPS) is 11.5. The van der Waals surface area contributed by atoms with Gasteiger partial charge in [-0.3, -0.25) is 9.52 Å². The van der Waals surface area contributed by atoms with Gasteiger partial charge in [-0.15, -0.1) is 0 Å². The molecular weight excluding hydrogens is 521 g/mol. The van der Waals surface area contributed by atoms with E-state index in [1.165, 1.54) is 66.5 Å². The van der Waals surface area contributed by atoms with Gasteiger partial charge in [-0.05, 0) is 61.5 Å². The van der Waals surface area contributed by atoms with Crippen LogP contribution in [0.1, 0.15) is 21.6 Å². The van der Waals surface area contributed by atoms with Gasteiger partial charge >= 0.3 is 0 Å². The lowest BCUT2D eigenvalue weighted by Gasteiger charge is -2.12. The first kappa shape index (κ1) is 25.9. The number of methoxy groups -OCH3 is 1. The molecule has 0 unspecified atom stereocenters. The number of hydrazone groups is 1. The highest BCUT2D eigenvalue weighted by molar-refractivity contribution is 7.92. The Morgan fingerprint density at radius 2 is 1.84 bits per heavy atom. The van der Waals surface area contributed by atoms with Gasteiger partial charge in [0.1, 0.15) is 16.7 Å². The molecular formula is C25H21ClFN5O4S. The Bertz CT molecular complexity index is 1590. The number of benzene rings is 3. The van der Waals surface area contributed by atoms with Crippen LogP contribution in [0.4, 0.5) is 10.1 Å². The van der Waals surface area contributed by atoms with E-state index in [0.717, 1.165) is 0 Å². The summed E-state index contributed by atoms with van der Waals surface area (Å²) < 4.78 is 48.0. The number of carbonyl (C=O) groups is 1. The van der Waals surface area contributed by atoms with Gasteiger partial charge in [0, 0.05) is 5.56 Å². The molecule has 0 aliphatic heterocycles. The highest BCUT2D eigenvalue weighted by atomic mass is 35.5. The molecule has 0 bridgehead atoms. The van der Waals surface area contributed by atoms with Crippen molar-refractivity contribution in [2.24, 2.45) is 5.10 Å². The average Bonchev–Trinajstić information content (AvgIpc) is 3.17. The maximum Gasteiger partial charge on any atom is 0.271 e. The van der Waals surface area contributed by atoms with Crippen LogP contribution in [0, 0.1) is 12.7 Å². The summed E-state index contributed by atoms with van der Waals surface area (Å²) in [6.07, 6.45) is 1.33. The average molecular weight is 542 g/mol. The molecule has 0 saturated carbocycles. The van der Waals surface area contributed by atoms with Crippen molar-refractivity contribution < 1.29 is 22.3 Å². The topological polar surface area (TPSA) is 115 Å². The molecule has 2 N–H and O–H groups in total. The van der Waals surface area contributed by atoms with E-state index in [9.17, 15) is 17.6 Å². The van der Waals surface area contributed by atoms with Gasteiger partial charge < -0.3 is 4.74 Å². The summed E-state index contributed by atoms with van der Waals surface area (Å²) in [5, 5.41) is 8.49. The maximum absolute atomic E-state index is 13.2. The Labute approximate surface area is 217 Å². The molecule has 4 aromatic rings. The molecule has 1 heterocycles. The van der Waals surface area contributed by atoms with Crippen molar-refractivity contribution in [2.45, 2.75) is 11.8 Å². The van der Waals surface area contributed by atoms with Crippen LogP contribution in [-0.4, -0.2) is 37.4 Å². The number of halogens is 2. The predicted molar refractivity (Wildman–Crippen MR) is 139 cm³/mol. The van der Waals surface area contributed by atoms with Gasteiger partial charge in [0.15, 0.2) is 0 Å². The Morgan fingerprint density at radius 3 is 2.57 bits per heavy atom. The fourth-order valence-corrected chi connectivity index (χ4v) is 4.81. The molecule has 37 heavy (non-hydrogen) atoms. The Morgan fingerprint density at radius 1 is 1.11 bits per heavy atom. The van der Waals surface area contributed by atoms with Crippen LogP contribution in [0.25, 0.3) is 5.69 Å². The number of nitrogens with one attached hydrogen (secondary N) is 2. The monoisotopic (exact) mass is 541 g/mol. The third kappa shape index (κ3) is 5.79. The maximum atomic E-state index is 13.2. The van der Waals surface area contributed by atoms with Crippen LogP contribution in [-0.2, 0) is 10.0 Å². The van der Waals surface area contributed by atoms with E-state index >= 15 is 0 Å². The number of carbonyl (C=O) groups excluding carboxylic acids is 1. The summed E-state index contributed by atoms with van der Waals surface area (Å²) in [4.78, 5) is 12.5. The van der Waals surface area contributed by atoms with E-state index in [1.54, 1.807) is 31.2 Å². The van der Waals surface area contributed by atoms with E-state index in [2.05, 4.69) is 20.3 Å². The zero-order valence-corrected chi connectivity index (χ0v) is 21.2. The van der Waals surface area contributed by atoms with E-state index in [1.807, 2.05) is 0 Å². The summed E-state index contributed by atoms with van der Waals surface area (Å²) in [7, 11) is -2.57. The second-order valence-corrected chi connectivity index (χ2v) is 9.75. The highest BCUT2D eigenvalue weighted by Crippen LogP contribution is 2.26. The lowest BCUT2D eigenvalue weighted by atomic mass is 10.2. The molecule has 1 aromatic heterocycles. The number of para-hydroxylation sites is 2. The van der Waals surface area contributed by atoms with E-state index in [-0.39, 0.29) is 27.1 Å². The van der Waals surface area contributed by atoms with Gasteiger partial charge in [-0.2, -0.15) is 10.2 Å². The molecule has 4 rings (SSSR count). The number of sulfonamides is 1. The van der Waals surface area contributed by atoms with Crippen molar-refractivity contribution in [3.8, 4) is 11.4 Å². The summed E-state index contributed by atoms with van der Waals surface area (Å²) >= 11 is 6.42. The predicted octanol–water partition coefficient (Wildman–Crippen LogP) is 4.55. The fraction of sp³-hybridized carbons (Fsp3) is 0.0800. The molecule has 0 atom stereocenters. The molecule has 9 nitrogen and oxygen atoms in total. The summed E-state index contributed by atoms with van der Waals surface area (Å²) in [6, 6.07) is 17.7. The number of hydrogen-bond donors (Lipinski definition) is 2. The standard InChI is InChI=1S/C25H21ClFN5O4S/c1-16-21(24(26)32(30-16)19-12-10-18(27)11-13-19)15-28-29-25(33)17-6-5-7-20(14-17)37(34,35)31-22-8-3-4-9-23(22)36-2/h3-15,31H,1-2H3,(H,29,33)/b28-15+. The zero-order valence-electron chi connectivity index (χ0n) is 19.6. The molecule has 0 radical (unpaired) electrons. The Balaban J connectivity index is 1.49. The van der Waals surface area contributed by atoms with Crippen LogP contribution in [0.3, 0.4) is 0 Å². The molecule has 0 spiro atoms.